The van der Waals surface area contributed by atoms with Crippen molar-refractivity contribution in [1.29, 1.82) is 0 Å². The van der Waals surface area contributed by atoms with Crippen LogP contribution < -0.4 is 4.90 Å². The molecule has 0 bridgehead atoms. The van der Waals surface area contributed by atoms with Crippen molar-refractivity contribution in [3.05, 3.63) is 18.6 Å². The van der Waals surface area contributed by atoms with Crippen LogP contribution in [0.25, 0.3) is 0 Å². The molecule has 0 saturated carbocycles. The van der Waals surface area contributed by atoms with Crippen molar-refractivity contribution in [3.63, 3.8) is 0 Å². The van der Waals surface area contributed by atoms with E-state index in [0.29, 0.717) is 5.92 Å². The molecule has 0 radical (unpaired) electrons. The van der Waals surface area contributed by atoms with Gasteiger partial charge in [0.1, 0.15) is 12.1 Å². The summed E-state index contributed by atoms with van der Waals surface area (Å²) >= 11 is 0. The van der Waals surface area contributed by atoms with Gasteiger partial charge in [0, 0.05) is 19.8 Å². The maximum absolute atomic E-state index is 4.15. The van der Waals surface area contributed by atoms with Gasteiger partial charge in [0.15, 0.2) is 0 Å². The second-order valence-electron chi connectivity index (χ2n) is 3.34. The Kier molecular flexibility index (Phi) is 3.02. The molecular formula is C9H15N3. The van der Waals surface area contributed by atoms with E-state index in [1.807, 2.05) is 13.1 Å². The molecule has 3 heteroatoms. The number of aromatic nitrogens is 2. The van der Waals surface area contributed by atoms with Crippen LogP contribution in [0, 0.1) is 5.92 Å². The Morgan fingerprint density at radius 2 is 2.25 bits per heavy atom. The summed E-state index contributed by atoms with van der Waals surface area (Å²) < 4.78 is 0. The average Bonchev–Trinajstić information content (AvgIpc) is 2.05. The first-order valence-electron chi connectivity index (χ1n) is 4.17. The van der Waals surface area contributed by atoms with E-state index >= 15 is 0 Å². The largest absolute Gasteiger partial charge is 0.359 e. The van der Waals surface area contributed by atoms with Crippen LogP contribution in [-0.2, 0) is 0 Å². The number of hydrogen-bond acceptors (Lipinski definition) is 3. The lowest BCUT2D eigenvalue weighted by Crippen LogP contribution is -2.23. The quantitative estimate of drug-likeness (QED) is 0.680. The Balaban J connectivity index is 2.59. The first-order chi connectivity index (χ1) is 5.70. The monoisotopic (exact) mass is 165 g/mol. The summed E-state index contributed by atoms with van der Waals surface area (Å²) in [6.07, 6.45) is 3.34. The fourth-order valence-electron chi connectivity index (χ4n) is 1.15. The first kappa shape index (κ1) is 8.97. The van der Waals surface area contributed by atoms with Crippen LogP contribution >= 0.6 is 0 Å². The summed E-state index contributed by atoms with van der Waals surface area (Å²) in [4.78, 5) is 10.1. The van der Waals surface area contributed by atoms with Crippen LogP contribution in [0.5, 0.6) is 0 Å². The predicted octanol–water partition coefficient (Wildman–Crippen LogP) is 1.57. The number of rotatable bonds is 3. The maximum atomic E-state index is 4.15. The highest BCUT2D eigenvalue weighted by Crippen LogP contribution is 2.07. The molecule has 3 nitrogen and oxygen atoms in total. The molecule has 66 valence electrons. The van der Waals surface area contributed by atoms with Gasteiger partial charge in [0.2, 0.25) is 0 Å². The second-order valence-corrected chi connectivity index (χ2v) is 3.34. The highest BCUT2D eigenvalue weighted by atomic mass is 15.2. The van der Waals surface area contributed by atoms with Crippen molar-refractivity contribution >= 4 is 5.82 Å². The van der Waals surface area contributed by atoms with Crippen LogP contribution in [-0.4, -0.2) is 23.6 Å². The van der Waals surface area contributed by atoms with E-state index in [1.54, 1.807) is 12.5 Å². The molecule has 0 amide bonds. The van der Waals surface area contributed by atoms with Gasteiger partial charge in [-0.05, 0) is 12.0 Å². The van der Waals surface area contributed by atoms with Crippen LogP contribution in [0.2, 0.25) is 0 Å². The standard InChI is InChI=1S/C9H15N3/c1-8(2)6-12(3)9-4-5-10-7-11-9/h4-5,7-8H,6H2,1-3H3. The van der Waals surface area contributed by atoms with Gasteiger partial charge >= 0.3 is 0 Å². The van der Waals surface area contributed by atoms with Crippen LogP contribution in [0.3, 0.4) is 0 Å². The molecule has 0 unspecified atom stereocenters. The van der Waals surface area contributed by atoms with Gasteiger partial charge in [-0.1, -0.05) is 13.8 Å². The Hall–Kier alpha value is -1.12. The summed E-state index contributed by atoms with van der Waals surface area (Å²) in [5, 5.41) is 0. The lowest BCUT2D eigenvalue weighted by Gasteiger charge is -2.19. The topological polar surface area (TPSA) is 29.0 Å². The molecule has 0 spiro atoms. The summed E-state index contributed by atoms with van der Waals surface area (Å²) in [6.45, 7) is 5.41. The van der Waals surface area contributed by atoms with E-state index in [2.05, 4.69) is 28.7 Å². The van der Waals surface area contributed by atoms with Crippen molar-refractivity contribution in [3.8, 4) is 0 Å². The van der Waals surface area contributed by atoms with Crippen molar-refractivity contribution in [2.75, 3.05) is 18.5 Å². The number of nitrogens with zero attached hydrogens (tertiary/aromatic N) is 3. The third-order valence-corrected chi connectivity index (χ3v) is 1.60. The van der Waals surface area contributed by atoms with Gasteiger partial charge in [-0.3, -0.25) is 0 Å². The van der Waals surface area contributed by atoms with Crippen LogP contribution in [0.4, 0.5) is 5.82 Å². The Morgan fingerprint density at radius 3 is 2.75 bits per heavy atom. The fraction of sp³-hybridized carbons (Fsp3) is 0.556. The maximum Gasteiger partial charge on any atom is 0.131 e. The molecule has 0 saturated heterocycles. The lowest BCUT2D eigenvalue weighted by atomic mass is 10.2. The van der Waals surface area contributed by atoms with E-state index in [9.17, 15) is 0 Å². The molecule has 0 aliphatic carbocycles. The van der Waals surface area contributed by atoms with Gasteiger partial charge in [-0.15, -0.1) is 0 Å². The second kappa shape index (κ2) is 4.04. The molecule has 0 atom stereocenters. The van der Waals surface area contributed by atoms with Crippen molar-refractivity contribution in [2.45, 2.75) is 13.8 Å². The Bertz CT molecular complexity index is 220. The third kappa shape index (κ3) is 2.49. The predicted molar refractivity (Wildman–Crippen MR) is 50.1 cm³/mol. The van der Waals surface area contributed by atoms with Crippen molar-refractivity contribution in [1.82, 2.24) is 9.97 Å². The minimum absolute atomic E-state index is 0.657. The molecule has 1 aromatic rings. The summed E-state index contributed by atoms with van der Waals surface area (Å²) in [5.41, 5.74) is 0. The minimum atomic E-state index is 0.657. The van der Waals surface area contributed by atoms with E-state index in [4.69, 9.17) is 0 Å². The zero-order chi connectivity index (χ0) is 8.97. The zero-order valence-corrected chi connectivity index (χ0v) is 7.86. The molecule has 0 fully saturated rings. The highest BCUT2D eigenvalue weighted by molar-refractivity contribution is 5.34. The Morgan fingerprint density at radius 1 is 1.50 bits per heavy atom. The SMILES string of the molecule is CC(C)CN(C)c1ccncn1. The molecule has 1 aromatic heterocycles. The molecular weight excluding hydrogens is 150 g/mol. The van der Waals surface area contributed by atoms with Gasteiger partial charge in [0.05, 0.1) is 0 Å². The van der Waals surface area contributed by atoms with Crippen LogP contribution in [0.1, 0.15) is 13.8 Å². The molecule has 0 N–H and O–H groups in total. The molecule has 1 heterocycles. The Labute approximate surface area is 73.5 Å². The van der Waals surface area contributed by atoms with Gasteiger partial charge < -0.3 is 4.90 Å². The van der Waals surface area contributed by atoms with Crippen molar-refractivity contribution in [2.24, 2.45) is 5.92 Å². The minimum Gasteiger partial charge on any atom is -0.359 e. The first-order valence-corrected chi connectivity index (χ1v) is 4.17. The molecule has 12 heavy (non-hydrogen) atoms. The zero-order valence-electron chi connectivity index (χ0n) is 7.86. The molecule has 0 aromatic carbocycles. The third-order valence-electron chi connectivity index (χ3n) is 1.60. The van der Waals surface area contributed by atoms with Gasteiger partial charge in [-0.2, -0.15) is 0 Å². The number of anilines is 1. The number of hydrogen-bond donors (Lipinski definition) is 0. The summed E-state index contributed by atoms with van der Waals surface area (Å²) in [5.74, 6) is 1.64. The van der Waals surface area contributed by atoms with E-state index in [0.717, 1.165) is 12.4 Å². The highest BCUT2D eigenvalue weighted by Gasteiger charge is 2.02. The van der Waals surface area contributed by atoms with E-state index < -0.39 is 0 Å². The van der Waals surface area contributed by atoms with Gasteiger partial charge in [-0.25, -0.2) is 9.97 Å². The van der Waals surface area contributed by atoms with Gasteiger partial charge in [0.25, 0.3) is 0 Å². The van der Waals surface area contributed by atoms with Crippen LogP contribution in [0.15, 0.2) is 18.6 Å². The van der Waals surface area contributed by atoms with E-state index in [1.165, 1.54) is 0 Å². The smallest absolute Gasteiger partial charge is 0.131 e. The summed E-state index contributed by atoms with van der Waals surface area (Å²) in [7, 11) is 2.04. The molecule has 1 rings (SSSR count). The fourth-order valence-corrected chi connectivity index (χ4v) is 1.15. The molecule has 0 aliphatic heterocycles. The van der Waals surface area contributed by atoms with Crippen molar-refractivity contribution < 1.29 is 0 Å². The normalized spacial score (nSPS) is 10.3. The lowest BCUT2D eigenvalue weighted by molar-refractivity contribution is 0.634. The summed E-state index contributed by atoms with van der Waals surface area (Å²) in [6, 6.07) is 1.92. The average molecular weight is 165 g/mol. The molecule has 0 aliphatic rings. The van der Waals surface area contributed by atoms with E-state index in [-0.39, 0.29) is 0 Å².